The van der Waals surface area contributed by atoms with E-state index in [0.29, 0.717) is 17.0 Å². The normalized spacial score (nSPS) is 16.0. The predicted octanol–water partition coefficient (Wildman–Crippen LogP) is 6.07. The van der Waals surface area contributed by atoms with Gasteiger partial charge in [-0.25, -0.2) is 4.68 Å². The zero-order valence-electron chi connectivity index (χ0n) is 18.5. The van der Waals surface area contributed by atoms with Crippen molar-refractivity contribution in [2.45, 2.75) is 38.5 Å². The summed E-state index contributed by atoms with van der Waals surface area (Å²) in [5, 5.41) is 9.35. The van der Waals surface area contributed by atoms with Crippen LogP contribution in [0.25, 0.3) is 10.9 Å². The van der Waals surface area contributed by atoms with Crippen LogP contribution in [0, 0.1) is 0 Å². The lowest BCUT2D eigenvalue weighted by Gasteiger charge is -2.23. The standard InChI is InChI=1S/C26H24BrClN4O2/c27-20-6-4-17(5-7-20)11-18-12-19(15-29-14-18)26(33)30-16-23-22-13-21(28)8-9-24(22)32(31-23)25-3-1-2-10-34-25/h4-9,12-15,25H,1-3,10-11,16H2,(H,30,33). The minimum Gasteiger partial charge on any atom is -0.356 e. The first-order valence-electron chi connectivity index (χ1n) is 11.3. The van der Waals surface area contributed by atoms with E-state index in [4.69, 9.17) is 21.4 Å². The van der Waals surface area contributed by atoms with Gasteiger partial charge in [-0.05, 0) is 73.2 Å². The summed E-state index contributed by atoms with van der Waals surface area (Å²) >= 11 is 9.73. The number of amides is 1. The number of nitrogens with zero attached hydrogens (tertiary/aromatic N) is 3. The van der Waals surface area contributed by atoms with E-state index in [2.05, 4.69) is 38.4 Å². The summed E-state index contributed by atoms with van der Waals surface area (Å²) in [5.74, 6) is -0.191. The van der Waals surface area contributed by atoms with Gasteiger partial charge < -0.3 is 10.1 Å². The van der Waals surface area contributed by atoms with Crippen LogP contribution in [0.1, 0.15) is 52.7 Å². The molecule has 2 aromatic heterocycles. The first kappa shape index (κ1) is 23.0. The van der Waals surface area contributed by atoms with Gasteiger partial charge in [0.25, 0.3) is 5.91 Å². The van der Waals surface area contributed by atoms with Crippen LogP contribution >= 0.6 is 27.5 Å². The molecular weight excluding hydrogens is 516 g/mol. The van der Waals surface area contributed by atoms with Gasteiger partial charge in [-0.3, -0.25) is 9.78 Å². The van der Waals surface area contributed by atoms with Crippen molar-refractivity contribution in [3.05, 3.63) is 92.8 Å². The van der Waals surface area contributed by atoms with Gasteiger partial charge in [0.1, 0.15) is 0 Å². The maximum atomic E-state index is 12.9. The van der Waals surface area contributed by atoms with Gasteiger partial charge in [-0.15, -0.1) is 0 Å². The van der Waals surface area contributed by atoms with Gasteiger partial charge in [0.15, 0.2) is 6.23 Å². The monoisotopic (exact) mass is 538 g/mol. The summed E-state index contributed by atoms with van der Waals surface area (Å²) < 4.78 is 8.91. The summed E-state index contributed by atoms with van der Waals surface area (Å²) in [7, 11) is 0. The maximum Gasteiger partial charge on any atom is 0.253 e. The third-order valence-electron chi connectivity index (χ3n) is 5.97. The summed E-state index contributed by atoms with van der Waals surface area (Å²) in [4.78, 5) is 17.2. The molecule has 1 atom stereocenters. The van der Waals surface area contributed by atoms with Crippen LogP contribution in [0.3, 0.4) is 0 Å². The lowest BCUT2D eigenvalue weighted by Crippen LogP contribution is -2.24. The third kappa shape index (κ3) is 5.17. The minimum atomic E-state index is -0.191. The molecule has 0 bridgehead atoms. The molecule has 5 rings (SSSR count). The van der Waals surface area contributed by atoms with Crippen molar-refractivity contribution < 1.29 is 9.53 Å². The topological polar surface area (TPSA) is 69.0 Å². The molecule has 1 aliphatic rings. The number of hydrogen-bond acceptors (Lipinski definition) is 4. The van der Waals surface area contributed by atoms with E-state index in [1.54, 1.807) is 12.4 Å². The number of carbonyl (C=O) groups excluding carboxylic acids is 1. The number of nitrogens with one attached hydrogen (secondary N) is 1. The molecule has 1 aliphatic heterocycles. The van der Waals surface area contributed by atoms with Gasteiger partial charge in [-0.2, -0.15) is 5.10 Å². The van der Waals surface area contributed by atoms with Crippen LogP contribution in [0.15, 0.2) is 65.4 Å². The molecule has 0 radical (unpaired) electrons. The number of ether oxygens (including phenoxy) is 1. The Morgan fingerprint density at radius 1 is 1.12 bits per heavy atom. The zero-order chi connectivity index (χ0) is 23.5. The quantitative estimate of drug-likeness (QED) is 0.323. The molecule has 34 heavy (non-hydrogen) atoms. The molecule has 0 saturated carbocycles. The Morgan fingerprint density at radius 2 is 1.97 bits per heavy atom. The number of fused-ring (bicyclic) bond motifs is 1. The highest BCUT2D eigenvalue weighted by molar-refractivity contribution is 9.10. The van der Waals surface area contributed by atoms with Crippen LogP contribution < -0.4 is 5.32 Å². The molecule has 0 aliphatic carbocycles. The number of benzene rings is 2. The van der Waals surface area contributed by atoms with Crippen molar-refractivity contribution >= 4 is 44.3 Å². The first-order chi connectivity index (χ1) is 16.6. The fraction of sp³-hybridized carbons (Fsp3) is 0.269. The number of halogens is 2. The van der Waals surface area contributed by atoms with E-state index in [-0.39, 0.29) is 18.7 Å². The number of rotatable bonds is 6. The summed E-state index contributed by atoms with van der Waals surface area (Å²) in [5.41, 5.74) is 4.37. The Labute approximate surface area is 211 Å². The van der Waals surface area contributed by atoms with Crippen LogP contribution in [0.2, 0.25) is 5.02 Å². The van der Waals surface area contributed by atoms with Crippen molar-refractivity contribution in [1.29, 1.82) is 0 Å². The SMILES string of the molecule is O=C(NCc1nn(C2CCCCO2)c2ccc(Cl)cc12)c1cncc(Cc2ccc(Br)cc2)c1. The second-order valence-corrected chi connectivity index (χ2v) is 9.79. The molecule has 6 nitrogen and oxygen atoms in total. The summed E-state index contributed by atoms with van der Waals surface area (Å²) in [6.45, 7) is 1.02. The highest BCUT2D eigenvalue weighted by atomic mass is 79.9. The molecular formula is C26H24BrClN4O2. The molecule has 3 heterocycles. The van der Waals surface area contributed by atoms with E-state index >= 15 is 0 Å². The van der Waals surface area contributed by atoms with E-state index in [1.807, 2.05) is 41.1 Å². The van der Waals surface area contributed by atoms with Gasteiger partial charge >= 0.3 is 0 Å². The number of aromatic nitrogens is 3. The van der Waals surface area contributed by atoms with Crippen molar-refractivity contribution in [3.63, 3.8) is 0 Å². The Hall–Kier alpha value is -2.74. The predicted molar refractivity (Wildman–Crippen MR) is 136 cm³/mol. The number of hydrogen-bond donors (Lipinski definition) is 1. The lowest BCUT2D eigenvalue weighted by atomic mass is 10.1. The second kappa shape index (κ2) is 10.3. The number of pyridine rings is 1. The highest BCUT2D eigenvalue weighted by Crippen LogP contribution is 2.29. The molecule has 4 aromatic rings. The van der Waals surface area contributed by atoms with Gasteiger partial charge in [0, 0.05) is 33.9 Å². The number of carbonyl (C=O) groups is 1. The molecule has 1 unspecified atom stereocenters. The molecule has 0 spiro atoms. The highest BCUT2D eigenvalue weighted by Gasteiger charge is 2.21. The molecule has 174 valence electrons. The largest absolute Gasteiger partial charge is 0.356 e. The Bertz CT molecular complexity index is 1320. The molecule has 1 N–H and O–H groups in total. The fourth-order valence-electron chi connectivity index (χ4n) is 4.26. The van der Waals surface area contributed by atoms with E-state index in [0.717, 1.165) is 58.1 Å². The van der Waals surface area contributed by atoms with Crippen molar-refractivity contribution in [2.24, 2.45) is 0 Å². The average Bonchev–Trinajstić information content (AvgIpc) is 3.22. The van der Waals surface area contributed by atoms with Crippen molar-refractivity contribution in [3.8, 4) is 0 Å². The minimum absolute atomic E-state index is 0.0960. The Morgan fingerprint density at radius 3 is 2.76 bits per heavy atom. The lowest BCUT2D eigenvalue weighted by molar-refractivity contribution is -0.0369. The summed E-state index contributed by atoms with van der Waals surface area (Å²) in [6, 6.07) is 15.7. The van der Waals surface area contributed by atoms with E-state index < -0.39 is 0 Å². The maximum absolute atomic E-state index is 12.9. The molecule has 1 amide bonds. The van der Waals surface area contributed by atoms with Crippen LogP contribution in [0.5, 0.6) is 0 Å². The first-order valence-corrected chi connectivity index (χ1v) is 12.5. The Kier molecular flexibility index (Phi) is 6.94. The molecule has 1 saturated heterocycles. The van der Waals surface area contributed by atoms with E-state index in [1.165, 1.54) is 0 Å². The van der Waals surface area contributed by atoms with E-state index in [9.17, 15) is 4.79 Å². The van der Waals surface area contributed by atoms with Gasteiger partial charge in [0.05, 0.1) is 23.3 Å². The third-order valence-corrected chi connectivity index (χ3v) is 6.73. The van der Waals surface area contributed by atoms with Crippen LogP contribution in [-0.4, -0.2) is 27.3 Å². The second-order valence-electron chi connectivity index (χ2n) is 8.44. The molecule has 1 fully saturated rings. The van der Waals surface area contributed by atoms with Crippen LogP contribution in [-0.2, 0) is 17.7 Å². The molecule has 2 aromatic carbocycles. The zero-order valence-corrected chi connectivity index (χ0v) is 20.8. The fourth-order valence-corrected chi connectivity index (χ4v) is 4.69. The Balaban J connectivity index is 1.33. The van der Waals surface area contributed by atoms with Crippen molar-refractivity contribution in [1.82, 2.24) is 20.1 Å². The van der Waals surface area contributed by atoms with Crippen LogP contribution in [0.4, 0.5) is 0 Å². The summed E-state index contributed by atoms with van der Waals surface area (Å²) in [6.07, 6.45) is 7.08. The van der Waals surface area contributed by atoms with Gasteiger partial charge in [-0.1, -0.05) is 39.7 Å². The molecule has 8 heteroatoms. The van der Waals surface area contributed by atoms with Crippen molar-refractivity contribution in [2.75, 3.05) is 6.61 Å². The smallest absolute Gasteiger partial charge is 0.253 e. The average molecular weight is 540 g/mol. The van der Waals surface area contributed by atoms with Gasteiger partial charge in [0.2, 0.25) is 0 Å².